The molecule has 108 valence electrons. The molecule has 0 radical (unpaired) electrons. The van der Waals surface area contributed by atoms with Gasteiger partial charge in [0.1, 0.15) is 0 Å². The highest BCUT2D eigenvalue weighted by Crippen LogP contribution is 2.32. The van der Waals surface area contributed by atoms with Crippen LogP contribution in [0.5, 0.6) is 11.5 Å². The number of carboxylic acid groups (broad SMARTS) is 1. The molecule has 1 unspecified atom stereocenters. The largest absolute Gasteiger partial charge is 0.480 e. The minimum atomic E-state index is -1.13. The molecule has 7 nitrogen and oxygen atoms in total. The molecule has 2 N–H and O–H groups in total. The van der Waals surface area contributed by atoms with Gasteiger partial charge in [-0.1, -0.05) is 6.07 Å². The predicted octanol–water partition coefficient (Wildman–Crippen LogP) is 0.521. The molecular weight excluding hydrogens is 266 g/mol. The van der Waals surface area contributed by atoms with E-state index in [0.717, 1.165) is 5.56 Å². The molecule has 1 aromatic carbocycles. The monoisotopic (exact) mass is 281 g/mol. The highest BCUT2D eigenvalue weighted by molar-refractivity contribution is 5.82. The summed E-state index contributed by atoms with van der Waals surface area (Å²) in [7, 11) is 0. The van der Waals surface area contributed by atoms with Crippen LogP contribution in [0, 0.1) is 0 Å². The van der Waals surface area contributed by atoms with Crippen LogP contribution in [0.3, 0.4) is 0 Å². The molecule has 1 aliphatic rings. The van der Waals surface area contributed by atoms with Gasteiger partial charge in [0.25, 0.3) is 0 Å². The van der Waals surface area contributed by atoms with E-state index in [4.69, 9.17) is 19.3 Å². The quantitative estimate of drug-likeness (QED) is 0.789. The summed E-state index contributed by atoms with van der Waals surface area (Å²) in [5.41, 5.74) is 0.834. The molecule has 0 aromatic heterocycles. The average molecular weight is 281 g/mol. The molecule has 0 saturated heterocycles. The summed E-state index contributed by atoms with van der Waals surface area (Å²) in [6.07, 6.45) is 0. The maximum absolute atomic E-state index is 10.9. The summed E-state index contributed by atoms with van der Waals surface area (Å²) >= 11 is 0. The molecule has 0 saturated carbocycles. The van der Waals surface area contributed by atoms with Crippen molar-refractivity contribution >= 4 is 11.9 Å². The van der Waals surface area contributed by atoms with Crippen molar-refractivity contribution in [3.8, 4) is 11.5 Å². The number of fused-ring (bicyclic) bond motifs is 1. The lowest BCUT2D eigenvalue weighted by molar-refractivity contribution is -0.143. The first-order valence-electron chi connectivity index (χ1n) is 6.02. The first kappa shape index (κ1) is 14.1. The van der Waals surface area contributed by atoms with Gasteiger partial charge in [-0.05, 0) is 17.7 Å². The molecule has 0 bridgehead atoms. The van der Waals surface area contributed by atoms with E-state index >= 15 is 0 Å². The Balaban J connectivity index is 1.85. The number of amides is 1. The summed E-state index contributed by atoms with van der Waals surface area (Å²) in [5, 5.41) is 11.2. The SMILES string of the molecule is CC(=O)NC(COCc1ccc2c(c1)OCO2)C(=O)O. The average Bonchev–Trinajstić information content (AvgIpc) is 2.84. The summed E-state index contributed by atoms with van der Waals surface area (Å²) < 4.78 is 15.7. The first-order valence-corrected chi connectivity index (χ1v) is 6.02. The molecule has 2 rings (SSSR count). The fourth-order valence-corrected chi connectivity index (χ4v) is 1.75. The molecule has 1 heterocycles. The minimum absolute atomic E-state index is 0.108. The van der Waals surface area contributed by atoms with Crippen LogP contribution in [-0.2, 0) is 20.9 Å². The zero-order valence-electron chi connectivity index (χ0n) is 10.9. The number of carbonyl (C=O) groups is 2. The Hall–Kier alpha value is -2.28. The number of carbonyl (C=O) groups excluding carboxylic acids is 1. The van der Waals surface area contributed by atoms with Crippen LogP contribution in [-0.4, -0.2) is 36.4 Å². The van der Waals surface area contributed by atoms with E-state index < -0.39 is 17.9 Å². The van der Waals surface area contributed by atoms with Crippen LogP contribution in [0.2, 0.25) is 0 Å². The number of nitrogens with one attached hydrogen (secondary N) is 1. The third-order valence-electron chi connectivity index (χ3n) is 2.67. The van der Waals surface area contributed by atoms with E-state index in [9.17, 15) is 9.59 Å². The minimum Gasteiger partial charge on any atom is -0.480 e. The van der Waals surface area contributed by atoms with Gasteiger partial charge in [0, 0.05) is 6.92 Å². The van der Waals surface area contributed by atoms with Crippen molar-refractivity contribution in [3.63, 3.8) is 0 Å². The number of aliphatic carboxylic acids is 1. The van der Waals surface area contributed by atoms with Crippen molar-refractivity contribution in [1.82, 2.24) is 5.32 Å². The van der Waals surface area contributed by atoms with Gasteiger partial charge >= 0.3 is 5.97 Å². The highest BCUT2D eigenvalue weighted by atomic mass is 16.7. The Labute approximate surface area is 115 Å². The van der Waals surface area contributed by atoms with Crippen LogP contribution in [0.25, 0.3) is 0 Å². The highest BCUT2D eigenvalue weighted by Gasteiger charge is 2.19. The number of hydrogen-bond donors (Lipinski definition) is 2. The molecule has 0 fully saturated rings. The second-order valence-electron chi connectivity index (χ2n) is 4.29. The van der Waals surface area contributed by atoms with E-state index in [0.29, 0.717) is 11.5 Å². The Kier molecular flexibility index (Phi) is 4.41. The van der Waals surface area contributed by atoms with Gasteiger partial charge < -0.3 is 24.6 Å². The lowest BCUT2D eigenvalue weighted by Crippen LogP contribution is -2.42. The number of ether oxygens (including phenoxy) is 3. The topological polar surface area (TPSA) is 94.1 Å². The van der Waals surface area contributed by atoms with Crippen molar-refractivity contribution in [2.24, 2.45) is 0 Å². The van der Waals surface area contributed by atoms with E-state index in [1.165, 1.54) is 6.92 Å². The van der Waals surface area contributed by atoms with Crippen molar-refractivity contribution < 1.29 is 28.9 Å². The van der Waals surface area contributed by atoms with Gasteiger partial charge in [-0.15, -0.1) is 0 Å². The third kappa shape index (κ3) is 3.61. The number of benzene rings is 1. The zero-order valence-corrected chi connectivity index (χ0v) is 10.9. The van der Waals surface area contributed by atoms with E-state index in [1.54, 1.807) is 12.1 Å². The molecule has 7 heteroatoms. The van der Waals surface area contributed by atoms with Crippen molar-refractivity contribution in [3.05, 3.63) is 23.8 Å². The summed E-state index contributed by atoms with van der Waals surface area (Å²) in [4.78, 5) is 21.8. The number of rotatable bonds is 6. The predicted molar refractivity (Wildman–Crippen MR) is 67.5 cm³/mol. The van der Waals surface area contributed by atoms with Crippen LogP contribution < -0.4 is 14.8 Å². The molecule has 20 heavy (non-hydrogen) atoms. The molecule has 1 aromatic rings. The van der Waals surface area contributed by atoms with E-state index in [-0.39, 0.29) is 20.0 Å². The molecule has 0 aliphatic carbocycles. The maximum atomic E-state index is 10.9. The normalized spacial score (nSPS) is 13.8. The van der Waals surface area contributed by atoms with E-state index in [1.807, 2.05) is 6.07 Å². The second-order valence-corrected chi connectivity index (χ2v) is 4.29. The van der Waals surface area contributed by atoms with Gasteiger partial charge in [-0.25, -0.2) is 4.79 Å². The van der Waals surface area contributed by atoms with Crippen molar-refractivity contribution in [2.45, 2.75) is 19.6 Å². The molecule has 1 atom stereocenters. The number of carboxylic acids is 1. The summed E-state index contributed by atoms with van der Waals surface area (Å²) in [5.74, 6) is -0.229. The third-order valence-corrected chi connectivity index (χ3v) is 2.67. The van der Waals surface area contributed by atoms with Crippen molar-refractivity contribution in [1.29, 1.82) is 0 Å². The van der Waals surface area contributed by atoms with Crippen LogP contribution in [0.4, 0.5) is 0 Å². The van der Waals surface area contributed by atoms with Gasteiger partial charge in [-0.2, -0.15) is 0 Å². The fraction of sp³-hybridized carbons (Fsp3) is 0.385. The fourth-order valence-electron chi connectivity index (χ4n) is 1.75. The van der Waals surface area contributed by atoms with Gasteiger partial charge in [0.05, 0.1) is 13.2 Å². The lowest BCUT2D eigenvalue weighted by atomic mass is 10.2. The zero-order chi connectivity index (χ0) is 14.5. The smallest absolute Gasteiger partial charge is 0.328 e. The van der Waals surface area contributed by atoms with Gasteiger partial charge in [-0.3, -0.25) is 4.79 Å². The molecule has 0 spiro atoms. The molecule has 1 amide bonds. The lowest BCUT2D eigenvalue weighted by Gasteiger charge is -2.13. The molecular formula is C13H15NO6. The van der Waals surface area contributed by atoms with Gasteiger partial charge in [0.2, 0.25) is 12.7 Å². The van der Waals surface area contributed by atoms with Gasteiger partial charge in [0.15, 0.2) is 17.5 Å². The Morgan fingerprint density at radius 3 is 2.85 bits per heavy atom. The van der Waals surface area contributed by atoms with Crippen LogP contribution in [0.15, 0.2) is 18.2 Å². The summed E-state index contributed by atoms with van der Waals surface area (Å²) in [6.45, 7) is 1.57. The van der Waals surface area contributed by atoms with Crippen LogP contribution >= 0.6 is 0 Å². The maximum Gasteiger partial charge on any atom is 0.328 e. The Bertz CT molecular complexity index is 516. The standard InChI is InChI=1S/C13H15NO6/c1-8(15)14-10(13(16)17)6-18-5-9-2-3-11-12(4-9)20-7-19-11/h2-4,10H,5-7H2,1H3,(H,14,15)(H,16,17). The molecule has 1 aliphatic heterocycles. The van der Waals surface area contributed by atoms with Crippen LogP contribution in [0.1, 0.15) is 12.5 Å². The summed E-state index contributed by atoms with van der Waals surface area (Å²) in [6, 6.07) is 4.29. The van der Waals surface area contributed by atoms with E-state index in [2.05, 4.69) is 5.32 Å². The Morgan fingerprint density at radius 2 is 2.15 bits per heavy atom. The van der Waals surface area contributed by atoms with Crippen molar-refractivity contribution in [2.75, 3.05) is 13.4 Å². The second kappa shape index (κ2) is 6.25. The first-order chi connectivity index (χ1) is 9.56. The number of hydrogen-bond acceptors (Lipinski definition) is 5. The Morgan fingerprint density at radius 1 is 1.40 bits per heavy atom.